The van der Waals surface area contributed by atoms with E-state index in [9.17, 15) is 0 Å². The largest absolute Gasteiger partial charge is 0.398 e. The Morgan fingerprint density at radius 2 is 1.80 bits per heavy atom. The molecule has 4 heteroatoms. The maximum absolute atomic E-state index is 6.30. The fourth-order valence-electron chi connectivity index (χ4n) is 2.33. The molecule has 0 fully saturated rings. The second-order valence-corrected chi connectivity index (χ2v) is 5.47. The van der Waals surface area contributed by atoms with Gasteiger partial charge in [0.1, 0.15) is 0 Å². The van der Waals surface area contributed by atoms with Crippen LogP contribution in [0.5, 0.6) is 0 Å². The van der Waals surface area contributed by atoms with Crippen LogP contribution in [-0.2, 0) is 0 Å². The molecule has 100 valence electrons. The Morgan fingerprint density at radius 3 is 2.55 bits per heavy atom. The summed E-state index contributed by atoms with van der Waals surface area (Å²) in [6, 6.07) is 13.1. The molecule has 2 aromatic carbocycles. The number of hydrogen-bond acceptors (Lipinski definition) is 1. The third-order valence-corrected chi connectivity index (χ3v) is 3.71. The highest BCUT2D eigenvalue weighted by atomic mass is 35.5. The minimum absolute atomic E-state index is 0.645. The number of fused-ring (bicyclic) bond motifs is 1. The van der Waals surface area contributed by atoms with E-state index in [-0.39, 0.29) is 0 Å². The van der Waals surface area contributed by atoms with Gasteiger partial charge in [0.2, 0.25) is 0 Å². The van der Waals surface area contributed by atoms with Gasteiger partial charge in [-0.1, -0.05) is 48.0 Å². The summed E-state index contributed by atoms with van der Waals surface area (Å²) in [4.78, 5) is 3.20. The van der Waals surface area contributed by atoms with E-state index in [1.54, 1.807) is 0 Å². The molecule has 0 amide bonds. The maximum atomic E-state index is 6.30. The number of aromatic nitrogens is 1. The normalized spacial score (nSPS) is 12.7. The second-order valence-electron chi connectivity index (χ2n) is 4.59. The van der Waals surface area contributed by atoms with Crippen LogP contribution in [-0.4, -0.2) is 4.98 Å². The minimum Gasteiger partial charge on any atom is -0.398 e. The van der Waals surface area contributed by atoms with Crippen LogP contribution >= 0.6 is 23.2 Å². The molecule has 0 aliphatic heterocycles. The molecule has 20 heavy (non-hydrogen) atoms. The SMILES string of the molecule is C=c1[nH]c2cc(Cl)ccc2/c1=C(/N)c1cccc(Cl)c1. The highest BCUT2D eigenvalue weighted by Crippen LogP contribution is 2.16. The first-order chi connectivity index (χ1) is 9.56. The standard InChI is InChI=1S/C16H12Cl2N2/c1-9-15(13-6-5-12(18)8-14(13)20-9)16(19)10-3-2-4-11(17)7-10/h2-8,20H,1,19H2/b16-15+. The highest BCUT2D eigenvalue weighted by Gasteiger charge is 2.06. The van der Waals surface area contributed by atoms with Gasteiger partial charge in [0.05, 0.1) is 0 Å². The molecule has 3 N–H and O–H groups in total. The van der Waals surface area contributed by atoms with Gasteiger partial charge in [0.25, 0.3) is 0 Å². The summed E-state index contributed by atoms with van der Waals surface area (Å²) in [5.41, 5.74) is 8.74. The fourth-order valence-corrected chi connectivity index (χ4v) is 2.70. The first-order valence-electron chi connectivity index (χ1n) is 6.08. The number of H-pyrrole nitrogens is 1. The highest BCUT2D eigenvalue weighted by molar-refractivity contribution is 6.31. The maximum Gasteiger partial charge on any atom is 0.0489 e. The van der Waals surface area contributed by atoms with E-state index in [4.69, 9.17) is 28.9 Å². The molecule has 0 spiro atoms. The molecule has 0 bridgehead atoms. The summed E-state index contributed by atoms with van der Waals surface area (Å²) >= 11 is 12.0. The lowest BCUT2D eigenvalue weighted by Crippen LogP contribution is -2.27. The van der Waals surface area contributed by atoms with Crippen molar-refractivity contribution < 1.29 is 0 Å². The van der Waals surface area contributed by atoms with Gasteiger partial charge in [-0.2, -0.15) is 0 Å². The zero-order chi connectivity index (χ0) is 14.3. The van der Waals surface area contributed by atoms with Crippen molar-refractivity contribution >= 4 is 46.4 Å². The number of halogens is 2. The molecular weight excluding hydrogens is 291 g/mol. The molecule has 0 aliphatic carbocycles. The monoisotopic (exact) mass is 302 g/mol. The van der Waals surface area contributed by atoms with Gasteiger partial charge in [0, 0.05) is 37.2 Å². The smallest absolute Gasteiger partial charge is 0.0489 e. The van der Waals surface area contributed by atoms with E-state index in [2.05, 4.69) is 11.6 Å². The molecule has 1 heterocycles. The molecule has 3 aromatic rings. The van der Waals surface area contributed by atoms with Crippen molar-refractivity contribution in [3.63, 3.8) is 0 Å². The average Bonchev–Trinajstić information content (AvgIpc) is 2.73. The summed E-state index contributed by atoms with van der Waals surface area (Å²) < 4.78 is 0. The van der Waals surface area contributed by atoms with Gasteiger partial charge in [-0.3, -0.25) is 0 Å². The first-order valence-corrected chi connectivity index (χ1v) is 6.84. The van der Waals surface area contributed by atoms with E-state index >= 15 is 0 Å². The van der Waals surface area contributed by atoms with Gasteiger partial charge in [-0.25, -0.2) is 0 Å². The molecule has 0 unspecified atom stereocenters. The lowest BCUT2D eigenvalue weighted by atomic mass is 10.1. The Hall–Kier alpha value is -1.90. The molecular formula is C16H12Cl2N2. The molecule has 0 saturated carbocycles. The summed E-state index contributed by atoms with van der Waals surface area (Å²) in [5.74, 6) is 0. The Morgan fingerprint density at radius 1 is 1.05 bits per heavy atom. The number of aromatic amines is 1. The van der Waals surface area contributed by atoms with E-state index in [1.807, 2.05) is 42.5 Å². The Kier molecular flexibility index (Phi) is 3.20. The molecule has 2 nitrogen and oxygen atoms in total. The zero-order valence-corrected chi connectivity index (χ0v) is 12.1. The van der Waals surface area contributed by atoms with Crippen LogP contribution < -0.4 is 16.3 Å². The molecule has 0 aliphatic rings. The number of rotatable bonds is 1. The van der Waals surface area contributed by atoms with Crippen LogP contribution in [0.3, 0.4) is 0 Å². The van der Waals surface area contributed by atoms with Crippen LogP contribution in [0.25, 0.3) is 23.2 Å². The topological polar surface area (TPSA) is 41.8 Å². The van der Waals surface area contributed by atoms with Crippen LogP contribution in [0, 0.1) is 0 Å². The molecule has 0 atom stereocenters. The van der Waals surface area contributed by atoms with Crippen molar-refractivity contribution in [3.8, 4) is 0 Å². The van der Waals surface area contributed by atoms with Crippen LogP contribution in [0.15, 0.2) is 42.5 Å². The Balaban J connectivity index is 2.41. The average molecular weight is 303 g/mol. The van der Waals surface area contributed by atoms with Gasteiger partial charge in [0.15, 0.2) is 0 Å². The Bertz CT molecular complexity index is 910. The minimum atomic E-state index is 0.645. The predicted molar refractivity (Wildman–Crippen MR) is 86.2 cm³/mol. The Labute approximate surface area is 126 Å². The van der Waals surface area contributed by atoms with Crippen molar-refractivity contribution in [2.24, 2.45) is 5.73 Å². The van der Waals surface area contributed by atoms with E-state index in [1.165, 1.54) is 0 Å². The fraction of sp³-hybridized carbons (Fsp3) is 0. The van der Waals surface area contributed by atoms with Gasteiger partial charge >= 0.3 is 0 Å². The van der Waals surface area contributed by atoms with Gasteiger partial charge in [-0.05, 0) is 29.8 Å². The van der Waals surface area contributed by atoms with E-state index in [0.717, 1.165) is 27.0 Å². The van der Waals surface area contributed by atoms with Crippen LogP contribution in [0.2, 0.25) is 10.0 Å². The van der Waals surface area contributed by atoms with Gasteiger partial charge < -0.3 is 10.7 Å². The van der Waals surface area contributed by atoms with Crippen molar-refractivity contribution in [2.45, 2.75) is 0 Å². The van der Waals surface area contributed by atoms with Crippen LogP contribution in [0.4, 0.5) is 0 Å². The zero-order valence-electron chi connectivity index (χ0n) is 10.6. The van der Waals surface area contributed by atoms with Crippen LogP contribution in [0.1, 0.15) is 5.56 Å². The molecule has 3 rings (SSSR count). The lowest BCUT2D eigenvalue weighted by molar-refractivity contribution is 1.35. The van der Waals surface area contributed by atoms with Crippen molar-refractivity contribution in [1.82, 2.24) is 4.98 Å². The summed E-state index contributed by atoms with van der Waals surface area (Å²) in [6.45, 7) is 4.02. The van der Waals surface area contributed by atoms with Crippen molar-refractivity contribution in [2.75, 3.05) is 0 Å². The quantitative estimate of drug-likeness (QED) is 0.713. The molecule has 0 radical (unpaired) electrons. The number of hydrogen-bond donors (Lipinski definition) is 2. The number of nitrogens with one attached hydrogen (secondary N) is 1. The summed E-state index contributed by atoms with van der Waals surface area (Å²) in [7, 11) is 0. The van der Waals surface area contributed by atoms with E-state index in [0.29, 0.717) is 15.7 Å². The predicted octanol–water partition coefficient (Wildman–Crippen LogP) is 3.00. The summed E-state index contributed by atoms with van der Waals surface area (Å²) in [6.07, 6.45) is 0. The van der Waals surface area contributed by atoms with E-state index < -0.39 is 0 Å². The molecule has 0 saturated heterocycles. The second kappa shape index (κ2) is 4.89. The van der Waals surface area contributed by atoms with Gasteiger partial charge in [-0.15, -0.1) is 0 Å². The number of nitrogens with two attached hydrogens (primary N) is 1. The third kappa shape index (κ3) is 2.17. The lowest BCUT2D eigenvalue weighted by Gasteiger charge is -2.02. The summed E-state index contributed by atoms with van der Waals surface area (Å²) in [5, 5.41) is 3.97. The van der Waals surface area contributed by atoms with Crippen molar-refractivity contribution in [3.05, 3.63) is 68.6 Å². The first kappa shape index (κ1) is 13.1. The number of benzene rings is 2. The van der Waals surface area contributed by atoms with Crippen molar-refractivity contribution in [1.29, 1.82) is 0 Å². The molecule has 1 aromatic heterocycles. The third-order valence-electron chi connectivity index (χ3n) is 3.24.